The van der Waals surface area contributed by atoms with E-state index in [0.717, 1.165) is 6.42 Å². The maximum Gasteiger partial charge on any atom is 0.194 e. The third kappa shape index (κ3) is 3.92. The van der Waals surface area contributed by atoms with Gasteiger partial charge in [-0.1, -0.05) is 96.9 Å². The van der Waals surface area contributed by atoms with E-state index in [9.17, 15) is 0 Å². The largest absolute Gasteiger partial charge is 0.405 e. The molecule has 0 saturated heterocycles. The van der Waals surface area contributed by atoms with E-state index in [2.05, 4.69) is 99.6 Å². The maximum absolute atomic E-state index is 6.79. The lowest BCUT2D eigenvalue weighted by Gasteiger charge is -2.35. The van der Waals surface area contributed by atoms with Crippen LogP contribution in [0.1, 0.15) is 35.6 Å². The molecular formula is C23H26OSi. The normalized spacial score (nSPS) is 12.0. The summed E-state index contributed by atoms with van der Waals surface area (Å²) in [5.41, 5.74) is 4.73. The fraction of sp³-hybridized carbons (Fsp3) is 0.217. The molecule has 0 heterocycles. The summed E-state index contributed by atoms with van der Waals surface area (Å²) in [6, 6.07) is 28.1. The summed E-state index contributed by atoms with van der Waals surface area (Å²) in [5, 5.41) is 1.36. The molecule has 3 rings (SSSR count). The fourth-order valence-corrected chi connectivity index (χ4v) is 5.38. The zero-order chi connectivity index (χ0) is 17.7. The molecular weight excluding hydrogens is 320 g/mol. The predicted molar refractivity (Wildman–Crippen MR) is 109 cm³/mol. The van der Waals surface area contributed by atoms with E-state index >= 15 is 0 Å². The van der Waals surface area contributed by atoms with Crippen molar-refractivity contribution in [1.29, 1.82) is 0 Å². The van der Waals surface area contributed by atoms with E-state index in [4.69, 9.17) is 4.43 Å². The molecule has 0 fully saturated rings. The van der Waals surface area contributed by atoms with Gasteiger partial charge in [-0.2, -0.15) is 0 Å². The van der Waals surface area contributed by atoms with Crippen molar-refractivity contribution in [2.45, 2.75) is 32.8 Å². The molecule has 0 spiro atoms. The Morgan fingerprint density at radius 3 is 1.68 bits per heavy atom. The highest BCUT2D eigenvalue weighted by molar-refractivity contribution is 6.47. The van der Waals surface area contributed by atoms with Crippen molar-refractivity contribution in [3.63, 3.8) is 0 Å². The minimum atomic E-state index is -0.857. The van der Waals surface area contributed by atoms with Gasteiger partial charge in [0.05, 0.1) is 0 Å². The van der Waals surface area contributed by atoms with Crippen LogP contribution >= 0.6 is 0 Å². The molecule has 3 aromatic rings. The van der Waals surface area contributed by atoms with Gasteiger partial charge in [-0.15, -0.1) is 0 Å². The Hall–Kier alpha value is -2.16. The third-order valence-corrected chi connectivity index (χ3v) is 6.12. The summed E-state index contributed by atoms with van der Waals surface area (Å²) in [5.74, 6) is 0. The van der Waals surface area contributed by atoms with Crippen LogP contribution in [0.25, 0.3) is 0 Å². The highest BCUT2D eigenvalue weighted by Gasteiger charge is 2.33. The van der Waals surface area contributed by atoms with Gasteiger partial charge in [-0.25, -0.2) is 0 Å². The van der Waals surface area contributed by atoms with Gasteiger partial charge in [-0.05, 0) is 36.6 Å². The van der Waals surface area contributed by atoms with E-state index in [1.807, 2.05) is 0 Å². The van der Waals surface area contributed by atoms with E-state index in [1.54, 1.807) is 0 Å². The van der Waals surface area contributed by atoms with Crippen molar-refractivity contribution in [3.8, 4) is 0 Å². The lowest BCUT2D eigenvalue weighted by atomic mass is 9.84. The van der Waals surface area contributed by atoms with E-state index in [-0.39, 0.29) is 5.60 Å². The summed E-state index contributed by atoms with van der Waals surface area (Å²) in [6.07, 6.45) is 0.916. The van der Waals surface area contributed by atoms with Crippen molar-refractivity contribution < 1.29 is 4.43 Å². The monoisotopic (exact) mass is 346 g/mol. The van der Waals surface area contributed by atoms with E-state index in [0.29, 0.717) is 0 Å². The van der Waals surface area contributed by atoms with Crippen LogP contribution in [0.15, 0.2) is 78.9 Å². The predicted octanol–water partition coefficient (Wildman–Crippen LogP) is 4.38. The Kier molecular flexibility index (Phi) is 5.52. The van der Waals surface area contributed by atoms with Crippen molar-refractivity contribution in [1.82, 2.24) is 0 Å². The number of benzene rings is 3. The van der Waals surface area contributed by atoms with Crippen LogP contribution in [-0.4, -0.2) is 9.76 Å². The molecule has 0 aliphatic heterocycles. The second-order valence-corrected chi connectivity index (χ2v) is 8.09. The molecule has 0 unspecified atom stereocenters. The maximum atomic E-state index is 6.79. The Morgan fingerprint density at radius 2 is 1.24 bits per heavy atom. The first kappa shape index (κ1) is 17.7. The standard InChI is InChI=1S/C23H26OSi/c1-4-23(20-11-7-5-8-12-20,21-13-9-6-10-14-21)24-25-22-16-18(2)15-19(3)17-22/h5-17H,4,25H2,1-3H3. The molecule has 0 atom stereocenters. The summed E-state index contributed by atoms with van der Waals surface area (Å²) in [4.78, 5) is 0. The molecule has 0 bridgehead atoms. The molecule has 3 aromatic carbocycles. The molecule has 0 N–H and O–H groups in total. The number of rotatable bonds is 6. The Balaban J connectivity index is 1.99. The average Bonchev–Trinajstić information content (AvgIpc) is 2.64. The van der Waals surface area contributed by atoms with Gasteiger partial charge in [0.25, 0.3) is 0 Å². The molecule has 0 aliphatic rings. The van der Waals surface area contributed by atoms with Crippen molar-refractivity contribution in [2.24, 2.45) is 0 Å². The first-order valence-corrected chi connectivity index (χ1v) is 10.2. The molecule has 128 valence electrons. The average molecular weight is 347 g/mol. The lowest BCUT2D eigenvalue weighted by Crippen LogP contribution is -2.35. The number of hydrogen-bond donors (Lipinski definition) is 0. The third-order valence-electron chi connectivity index (χ3n) is 4.74. The molecule has 0 aliphatic carbocycles. The summed E-state index contributed by atoms with van der Waals surface area (Å²) in [6.45, 7) is 6.54. The van der Waals surface area contributed by atoms with Crippen molar-refractivity contribution in [2.75, 3.05) is 0 Å². The van der Waals surface area contributed by atoms with E-state index < -0.39 is 9.76 Å². The number of aryl methyl sites for hydroxylation is 2. The lowest BCUT2D eigenvalue weighted by molar-refractivity contribution is 0.115. The molecule has 0 radical (unpaired) electrons. The van der Waals surface area contributed by atoms with Crippen molar-refractivity contribution in [3.05, 3.63) is 101 Å². The van der Waals surface area contributed by atoms with Gasteiger partial charge in [0.2, 0.25) is 0 Å². The zero-order valence-electron chi connectivity index (χ0n) is 15.3. The van der Waals surface area contributed by atoms with Crippen LogP contribution in [0.3, 0.4) is 0 Å². The highest BCUT2D eigenvalue weighted by atomic mass is 28.2. The second-order valence-electron chi connectivity index (χ2n) is 6.70. The van der Waals surface area contributed by atoms with Gasteiger partial charge in [0.15, 0.2) is 9.76 Å². The first-order chi connectivity index (χ1) is 12.1. The molecule has 1 nitrogen and oxygen atoms in total. The topological polar surface area (TPSA) is 9.23 Å². The minimum Gasteiger partial charge on any atom is -0.405 e. The SMILES string of the molecule is CCC(O[SiH2]c1cc(C)cc(C)c1)(c1ccccc1)c1ccccc1. The first-order valence-electron chi connectivity index (χ1n) is 8.96. The molecule has 0 amide bonds. The van der Waals surface area contributed by atoms with Crippen LogP contribution in [0.4, 0.5) is 0 Å². The van der Waals surface area contributed by atoms with Crippen LogP contribution in [0, 0.1) is 13.8 Å². The Morgan fingerprint density at radius 1 is 0.760 bits per heavy atom. The van der Waals surface area contributed by atoms with Gasteiger partial charge in [-0.3, -0.25) is 0 Å². The van der Waals surface area contributed by atoms with Crippen LogP contribution in [0.2, 0.25) is 0 Å². The molecule has 0 saturated carbocycles. The molecule has 2 heteroatoms. The van der Waals surface area contributed by atoms with Crippen LogP contribution in [-0.2, 0) is 10.0 Å². The summed E-state index contributed by atoms with van der Waals surface area (Å²) >= 11 is 0. The quantitative estimate of drug-likeness (QED) is 0.602. The van der Waals surface area contributed by atoms with Gasteiger partial charge in [0, 0.05) is 0 Å². The van der Waals surface area contributed by atoms with Crippen LogP contribution in [0.5, 0.6) is 0 Å². The second kappa shape index (κ2) is 7.81. The van der Waals surface area contributed by atoms with Gasteiger partial charge < -0.3 is 4.43 Å². The molecule has 0 aromatic heterocycles. The fourth-order valence-electron chi connectivity index (χ4n) is 3.62. The van der Waals surface area contributed by atoms with Crippen LogP contribution < -0.4 is 5.19 Å². The smallest absolute Gasteiger partial charge is 0.194 e. The Labute approximate surface area is 153 Å². The minimum absolute atomic E-state index is 0.369. The van der Waals surface area contributed by atoms with Gasteiger partial charge in [0.1, 0.15) is 5.60 Å². The summed E-state index contributed by atoms with van der Waals surface area (Å²) in [7, 11) is -0.857. The molecule has 25 heavy (non-hydrogen) atoms. The Bertz CT molecular complexity index is 752. The summed E-state index contributed by atoms with van der Waals surface area (Å²) < 4.78 is 6.79. The van der Waals surface area contributed by atoms with E-state index in [1.165, 1.54) is 27.4 Å². The van der Waals surface area contributed by atoms with Gasteiger partial charge >= 0.3 is 0 Å². The highest BCUT2D eigenvalue weighted by Crippen LogP contribution is 2.36. The van der Waals surface area contributed by atoms with Crippen molar-refractivity contribution >= 4 is 14.9 Å². The number of hydrogen-bond acceptors (Lipinski definition) is 1. The zero-order valence-corrected chi connectivity index (χ0v) is 16.7.